The van der Waals surface area contributed by atoms with Gasteiger partial charge in [0.2, 0.25) is 5.91 Å². The van der Waals surface area contributed by atoms with Gasteiger partial charge in [-0.1, -0.05) is 6.07 Å². The summed E-state index contributed by atoms with van der Waals surface area (Å²) >= 11 is 0. The highest BCUT2D eigenvalue weighted by molar-refractivity contribution is 5.95. The van der Waals surface area contributed by atoms with Crippen molar-refractivity contribution in [2.45, 2.75) is 26.2 Å². The number of rotatable bonds is 2. The third-order valence-corrected chi connectivity index (χ3v) is 3.05. The van der Waals surface area contributed by atoms with Gasteiger partial charge < -0.3 is 9.64 Å². The first-order chi connectivity index (χ1) is 7.77. The highest BCUT2D eigenvalue weighted by atomic mass is 16.5. The van der Waals surface area contributed by atoms with Crippen molar-refractivity contribution in [1.82, 2.24) is 0 Å². The van der Waals surface area contributed by atoms with E-state index in [1.165, 1.54) is 0 Å². The number of fused-ring (bicyclic) bond motifs is 1. The van der Waals surface area contributed by atoms with E-state index >= 15 is 0 Å². The van der Waals surface area contributed by atoms with Gasteiger partial charge in [0.05, 0.1) is 12.8 Å². The maximum absolute atomic E-state index is 11.9. The molecule has 0 saturated carbocycles. The van der Waals surface area contributed by atoms with Crippen LogP contribution in [-0.4, -0.2) is 19.6 Å². The van der Waals surface area contributed by atoms with E-state index in [4.69, 9.17) is 4.74 Å². The van der Waals surface area contributed by atoms with E-state index in [9.17, 15) is 4.79 Å². The Morgan fingerprint density at radius 2 is 2.19 bits per heavy atom. The first kappa shape index (κ1) is 11.0. The normalized spacial score (nSPS) is 15.6. The van der Waals surface area contributed by atoms with Crippen LogP contribution in [0.15, 0.2) is 18.2 Å². The van der Waals surface area contributed by atoms with Gasteiger partial charge in [-0.3, -0.25) is 4.79 Å². The summed E-state index contributed by atoms with van der Waals surface area (Å²) in [5.74, 6) is 1.11. The van der Waals surface area contributed by atoms with Gasteiger partial charge in [0.1, 0.15) is 5.75 Å². The van der Waals surface area contributed by atoms with E-state index in [0.717, 1.165) is 36.4 Å². The van der Waals surface area contributed by atoms with Gasteiger partial charge in [-0.2, -0.15) is 0 Å². The van der Waals surface area contributed by atoms with Gasteiger partial charge in [0.25, 0.3) is 0 Å². The summed E-state index contributed by atoms with van der Waals surface area (Å²) in [6, 6.07) is 5.91. The summed E-state index contributed by atoms with van der Waals surface area (Å²) < 4.78 is 5.36. The fourth-order valence-electron chi connectivity index (χ4n) is 2.28. The molecule has 1 amide bonds. The molecule has 2 rings (SSSR count). The van der Waals surface area contributed by atoms with Crippen molar-refractivity contribution >= 4 is 11.6 Å². The van der Waals surface area contributed by atoms with Crippen LogP contribution in [0.4, 0.5) is 5.69 Å². The molecule has 0 fully saturated rings. The van der Waals surface area contributed by atoms with Crippen LogP contribution in [0.2, 0.25) is 0 Å². The van der Waals surface area contributed by atoms with Crippen molar-refractivity contribution < 1.29 is 9.53 Å². The lowest BCUT2D eigenvalue weighted by Gasteiger charge is -2.22. The topological polar surface area (TPSA) is 29.5 Å². The minimum atomic E-state index is 0.217. The van der Waals surface area contributed by atoms with E-state index in [2.05, 4.69) is 0 Å². The molecule has 0 saturated heterocycles. The largest absolute Gasteiger partial charge is 0.496 e. The Kier molecular flexibility index (Phi) is 3.13. The molecule has 0 spiro atoms. The number of carbonyl (C=O) groups excluding carboxylic acids is 1. The first-order valence-electron chi connectivity index (χ1n) is 5.74. The van der Waals surface area contributed by atoms with Crippen LogP contribution >= 0.6 is 0 Å². The number of ether oxygens (including phenoxy) is 1. The van der Waals surface area contributed by atoms with Gasteiger partial charge in [-0.25, -0.2) is 0 Å². The number of anilines is 1. The molecule has 0 bridgehead atoms. The number of hydrogen-bond acceptors (Lipinski definition) is 2. The molecule has 0 unspecified atom stereocenters. The summed E-state index contributed by atoms with van der Waals surface area (Å²) in [6.07, 6.45) is 2.45. The SMILES string of the molecule is CCN1C(=O)CCCc2c(OC)cccc21. The maximum atomic E-state index is 11.9. The van der Waals surface area contributed by atoms with Gasteiger partial charge in [0, 0.05) is 18.5 Å². The minimum absolute atomic E-state index is 0.217. The van der Waals surface area contributed by atoms with E-state index in [-0.39, 0.29) is 5.91 Å². The fraction of sp³-hybridized carbons (Fsp3) is 0.462. The lowest BCUT2D eigenvalue weighted by Crippen LogP contribution is -2.29. The number of methoxy groups -OCH3 is 1. The second-order valence-electron chi connectivity index (χ2n) is 3.95. The number of hydrogen-bond donors (Lipinski definition) is 0. The average molecular weight is 219 g/mol. The number of benzene rings is 1. The van der Waals surface area contributed by atoms with Crippen LogP contribution in [0, 0.1) is 0 Å². The van der Waals surface area contributed by atoms with Crippen LogP contribution < -0.4 is 9.64 Å². The monoisotopic (exact) mass is 219 g/mol. The quantitative estimate of drug-likeness (QED) is 0.764. The van der Waals surface area contributed by atoms with Gasteiger partial charge in [0.15, 0.2) is 0 Å². The molecule has 86 valence electrons. The smallest absolute Gasteiger partial charge is 0.226 e. The van der Waals surface area contributed by atoms with E-state index in [1.807, 2.05) is 30.0 Å². The highest BCUT2D eigenvalue weighted by Crippen LogP contribution is 2.33. The zero-order valence-corrected chi connectivity index (χ0v) is 9.82. The summed E-state index contributed by atoms with van der Waals surface area (Å²) in [7, 11) is 1.68. The Morgan fingerprint density at radius 3 is 2.88 bits per heavy atom. The maximum Gasteiger partial charge on any atom is 0.226 e. The van der Waals surface area contributed by atoms with Crippen molar-refractivity contribution in [3.63, 3.8) is 0 Å². The molecule has 0 N–H and O–H groups in total. The standard InChI is InChI=1S/C13H17NO2/c1-3-14-11-7-5-8-12(16-2)10(11)6-4-9-13(14)15/h5,7-8H,3-4,6,9H2,1-2H3. The van der Waals surface area contributed by atoms with E-state index < -0.39 is 0 Å². The molecule has 16 heavy (non-hydrogen) atoms. The molecule has 1 heterocycles. The first-order valence-corrected chi connectivity index (χ1v) is 5.74. The molecular formula is C13H17NO2. The van der Waals surface area contributed by atoms with Gasteiger partial charge in [-0.15, -0.1) is 0 Å². The Hall–Kier alpha value is -1.51. The molecule has 1 aromatic rings. The van der Waals surface area contributed by atoms with Crippen molar-refractivity contribution in [2.24, 2.45) is 0 Å². The summed E-state index contributed by atoms with van der Waals surface area (Å²) in [4.78, 5) is 13.7. The van der Waals surface area contributed by atoms with Crippen molar-refractivity contribution in [1.29, 1.82) is 0 Å². The molecule has 1 aliphatic heterocycles. The lowest BCUT2D eigenvalue weighted by atomic mass is 10.1. The third kappa shape index (κ3) is 1.77. The zero-order valence-electron chi connectivity index (χ0n) is 9.82. The molecule has 3 nitrogen and oxygen atoms in total. The van der Waals surface area contributed by atoms with Crippen LogP contribution in [0.3, 0.4) is 0 Å². The molecule has 3 heteroatoms. The fourth-order valence-corrected chi connectivity index (χ4v) is 2.28. The highest BCUT2D eigenvalue weighted by Gasteiger charge is 2.22. The number of nitrogens with zero attached hydrogens (tertiary/aromatic N) is 1. The molecule has 0 aromatic heterocycles. The second kappa shape index (κ2) is 4.56. The molecular weight excluding hydrogens is 202 g/mol. The van der Waals surface area contributed by atoms with Crippen molar-refractivity contribution in [2.75, 3.05) is 18.6 Å². The molecule has 1 aromatic carbocycles. The zero-order chi connectivity index (χ0) is 11.5. The molecule has 1 aliphatic rings. The van der Waals surface area contributed by atoms with Gasteiger partial charge >= 0.3 is 0 Å². The van der Waals surface area contributed by atoms with E-state index in [1.54, 1.807) is 7.11 Å². The van der Waals surface area contributed by atoms with Gasteiger partial charge in [-0.05, 0) is 31.9 Å². The van der Waals surface area contributed by atoms with E-state index in [0.29, 0.717) is 6.42 Å². The third-order valence-electron chi connectivity index (χ3n) is 3.05. The lowest BCUT2D eigenvalue weighted by molar-refractivity contribution is -0.118. The summed E-state index contributed by atoms with van der Waals surface area (Å²) in [5, 5.41) is 0. The number of carbonyl (C=O) groups is 1. The van der Waals surface area contributed by atoms with Crippen LogP contribution in [-0.2, 0) is 11.2 Å². The molecule has 0 atom stereocenters. The Bertz CT molecular complexity index is 401. The minimum Gasteiger partial charge on any atom is -0.496 e. The predicted molar refractivity (Wildman–Crippen MR) is 64.0 cm³/mol. The van der Waals surface area contributed by atoms with Crippen molar-refractivity contribution in [3.05, 3.63) is 23.8 Å². The van der Waals surface area contributed by atoms with Crippen molar-refractivity contribution in [3.8, 4) is 5.75 Å². The molecule has 0 aliphatic carbocycles. The van der Waals surface area contributed by atoms with Crippen LogP contribution in [0.25, 0.3) is 0 Å². The summed E-state index contributed by atoms with van der Waals surface area (Å²) in [5.41, 5.74) is 2.18. The van der Waals surface area contributed by atoms with Crippen LogP contribution in [0.5, 0.6) is 5.75 Å². The second-order valence-corrected chi connectivity index (χ2v) is 3.95. The Balaban J connectivity index is 2.51. The predicted octanol–water partition coefficient (Wildman–Crippen LogP) is 2.38. The molecule has 0 radical (unpaired) electrons. The van der Waals surface area contributed by atoms with Crippen LogP contribution in [0.1, 0.15) is 25.3 Å². The Labute approximate surface area is 96.0 Å². The average Bonchev–Trinajstić information content (AvgIpc) is 2.46. The summed E-state index contributed by atoms with van der Waals surface area (Å²) in [6.45, 7) is 2.73. The Morgan fingerprint density at radius 1 is 1.38 bits per heavy atom. The number of amides is 1.